The number of hydrogen-bond donors (Lipinski definition) is 0. The largest absolute Gasteiger partial charge is 0.359 e. The Bertz CT molecular complexity index is 505. The minimum absolute atomic E-state index is 1.10. The van der Waals surface area contributed by atoms with Gasteiger partial charge in [-0.1, -0.05) is 18.2 Å². The fraction of sp³-hybridized carbons (Fsp3) is 0.308. The lowest BCUT2D eigenvalue weighted by Gasteiger charge is -2.26. The molecule has 0 spiro atoms. The molecule has 0 fully saturated rings. The molecule has 2 aromatic rings. The van der Waals surface area contributed by atoms with Crippen molar-refractivity contribution in [2.45, 2.75) is 12.8 Å². The van der Waals surface area contributed by atoms with Crippen LogP contribution in [0.4, 0.5) is 5.82 Å². The molecule has 2 nitrogen and oxygen atoms in total. The SMILES string of the molecule is CN1CCCc2cc3ccccc3nc21. The first-order valence-corrected chi connectivity index (χ1v) is 5.44. The maximum absolute atomic E-state index is 4.72. The Morgan fingerprint density at radius 2 is 2.13 bits per heavy atom. The smallest absolute Gasteiger partial charge is 0.132 e. The van der Waals surface area contributed by atoms with E-state index >= 15 is 0 Å². The number of aryl methyl sites for hydroxylation is 1. The molecule has 0 unspecified atom stereocenters. The maximum atomic E-state index is 4.72. The van der Waals surface area contributed by atoms with Gasteiger partial charge in [0.15, 0.2) is 0 Å². The van der Waals surface area contributed by atoms with Crippen molar-refractivity contribution in [3.05, 3.63) is 35.9 Å². The number of fused-ring (bicyclic) bond motifs is 2. The molecule has 3 rings (SSSR count). The molecular formula is C13H14N2. The normalized spacial score (nSPS) is 15.4. The Hall–Kier alpha value is -1.57. The lowest BCUT2D eigenvalue weighted by molar-refractivity contribution is 0.733. The first-order chi connectivity index (χ1) is 7.34. The van der Waals surface area contributed by atoms with Crippen LogP contribution in [0.25, 0.3) is 10.9 Å². The highest BCUT2D eigenvalue weighted by Crippen LogP contribution is 2.27. The van der Waals surface area contributed by atoms with E-state index in [1.54, 1.807) is 0 Å². The standard InChI is InChI=1S/C13H14N2/c1-15-8-4-6-11-9-10-5-2-3-7-12(10)14-13(11)15/h2-3,5,7,9H,4,6,8H2,1H3. The quantitative estimate of drug-likeness (QED) is 0.647. The number of anilines is 1. The average Bonchev–Trinajstić information content (AvgIpc) is 2.27. The number of para-hydroxylation sites is 1. The van der Waals surface area contributed by atoms with Crippen molar-refractivity contribution in [3.63, 3.8) is 0 Å². The van der Waals surface area contributed by atoms with Crippen molar-refractivity contribution in [2.24, 2.45) is 0 Å². The third kappa shape index (κ3) is 1.37. The van der Waals surface area contributed by atoms with Crippen LogP contribution >= 0.6 is 0 Å². The summed E-state index contributed by atoms with van der Waals surface area (Å²) in [6.45, 7) is 1.12. The molecule has 0 aliphatic carbocycles. The summed E-state index contributed by atoms with van der Waals surface area (Å²) in [4.78, 5) is 6.98. The molecule has 1 aliphatic rings. The van der Waals surface area contributed by atoms with E-state index < -0.39 is 0 Å². The summed E-state index contributed by atoms with van der Waals surface area (Å²) >= 11 is 0. The topological polar surface area (TPSA) is 16.1 Å². The summed E-state index contributed by atoms with van der Waals surface area (Å²) in [7, 11) is 2.12. The average molecular weight is 198 g/mol. The Morgan fingerprint density at radius 1 is 1.27 bits per heavy atom. The molecule has 0 saturated heterocycles. The number of rotatable bonds is 0. The summed E-state index contributed by atoms with van der Waals surface area (Å²) in [5, 5.41) is 1.26. The molecule has 0 atom stereocenters. The molecule has 0 N–H and O–H groups in total. The molecule has 1 aromatic heterocycles. The van der Waals surface area contributed by atoms with Crippen LogP contribution in [0.15, 0.2) is 30.3 Å². The van der Waals surface area contributed by atoms with E-state index in [1.807, 2.05) is 6.07 Å². The molecule has 1 aliphatic heterocycles. The summed E-state index contributed by atoms with van der Waals surface area (Å²) < 4.78 is 0. The zero-order valence-electron chi connectivity index (χ0n) is 8.90. The Balaban J connectivity index is 2.27. The second-order valence-electron chi connectivity index (χ2n) is 4.19. The predicted octanol–water partition coefficient (Wildman–Crippen LogP) is 2.62. The molecule has 0 saturated carbocycles. The van der Waals surface area contributed by atoms with Gasteiger partial charge in [-0.15, -0.1) is 0 Å². The summed E-state index contributed by atoms with van der Waals surface area (Å²) in [6.07, 6.45) is 2.40. The monoisotopic (exact) mass is 198 g/mol. The number of nitrogens with zero attached hydrogens (tertiary/aromatic N) is 2. The first kappa shape index (κ1) is 8.72. The van der Waals surface area contributed by atoms with Crippen molar-refractivity contribution >= 4 is 16.7 Å². The van der Waals surface area contributed by atoms with E-state index in [0.717, 1.165) is 18.5 Å². The van der Waals surface area contributed by atoms with Gasteiger partial charge in [-0.25, -0.2) is 4.98 Å². The van der Waals surface area contributed by atoms with Crippen LogP contribution in [0.5, 0.6) is 0 Å². The highest BCUT2D eigenvalue weighted by Gasteiger charge is 2.15. The van der Waals surface area contributed by atoms with Gasteiger partial charge in [-0.05, 0) is 30.5 Å². The number of aromatic nitrogens is 1. The van der Waals surface area contributed by atoms with Crippen LogP contribution in [-0.2, 0) is 6.42 Å². The lowest BCUT2D eigenvalue weighted by atomic mass is 10.0. The van der Waals surface area contributed by atoms with E-state index in [0.29, 0.717) is 0 Å². The minimum Gasteiger partial charge on any atom is -0.359 e. The molecule has 0 radical (unpaired) electrons. The lowest BCUT2D eigenvalue weighted by Crippen LogP contribution is -2.25. The van der Waals surface area contributed by atoms with Crippen molar-refractivity contribution < 1.29 is 0 Å². The Labute approximate surface area is 89.5 Å². The van der Waals surface area contributed by atoms with E-state index in [-0.39, 0.29) is 0 Å². The van der Waals surface area contributed by atoms with Crippen LogP contribution in [0, 0.1) is 0 Å². The maximum Gasteiger partial charge on any atom is 0.132 e. The molecule has 0 amide bonds. The minimum atomic E-state index is 1.10. The molecule has 15 heavy (non-hydrogen) atoms. The van der Waals surface area contributed by atoms with Gasteiger partial charge >= 0.3 is 0 Å². The highest BCUT2D eigenvalue weighted by molar-refractivity contribution is 5.82. The summed E-state index contributed by atoms with van der Waals surface area (Å²) in [6, 6.07) is 10.6. The highest BCUT2D eigenvalue weighted by atomic mass is 15.2. The number of benzene rings is 1. The second kappa shape index (κ2) is 3.23. The van der Waals surface area contributed by atoms with Crippen LogP contribution < -0.4 is 4.90 Å². The van der Waals surface area contributed by atoms with Crippen molar-refractivity contribution in [3.8, 4) is 0 Å². The van der Waals surface area contributed by atoms with Gasteiger partial charge in [-0.3, -0.25) is 0 Å². The van der Waals surface area contributed by atoms with E-state index in [4.69, 9.17) is 4.98 Å². The van der Waals surface area contributed by atoms with Crippen molar-refractivity contribution in [1.29, 1.82) is 0 Å². The third-order valence-corrected chi connectivity index (χ3v) is 3.08. The van der Waals surface area contributed by atoms with Gasteiger partial charge in [-0.2, -0.15) is 0 Å². The first-order valence-electron chi connectivity index (χ1n) is 5.44. The molecule has 76 valence electrons. The molecule has 0 bridgehead atoms. The number of pyridine rings is 1. The van der Waals surface area contributed by atoms with Gasteiger partial charge < -0.3 is 4.90 Å². The third-order valence-electron chi connectivity index (χ3n) is 3.08. The molecular weight excluding hydrogens is 184 g/mol. The zero-order valence-corrected chi connectivity index (χ0v) is 8.90. The Kier molecular flexibility index (Phi) is 1.88. The van der Waals surface area contributed by atoms with Gasteiger partial charge in [0.05, 0.1) is 5.52 Å². The van der Waals surface area contributed by atoms with Gasteiger partial charge in [0.1, 0.15) is 5.82 Å². The summed E-state index contributed by atoms with van der Waals surface area (Å²) in [5.74, 6) is 1.17. The van der Waals surface area contributed by atoms with Crippen LogP contribution in [0.2, 0.25) is 0 Å². The fourth-order valence-electron chi connectivity index (χ4n) is 2.28. The van der Waals surface area contributed by atoms with E-state index in [2.05, 4.69) is 36.2 Å². The van der Waals surface area contributed by atoms with Gasteiger partial charge in [0, 0.05) is 19.0 Å². The van der Waals surface area contributed by atoms with E-state index in [9.17, 15) is 0 Å². The fourth-order valence-corrected chi connectivity index (χ4v) is 2.28. The number of hydrogen-bond acceptors (Lipinski definition) is 2. The predicted molar refractivity (Wildman–Crippen MR) is 63.3 cm³/mol. The van der Waals surface area contributed by atoms with E-state index in [1.165, 1.54) is 23.2 Å². The van der Waals surface area contributed by atoms with Crippen molar-refractivity contribution in [1.82, 2.24) is 4.98 Å². The Morgan fingerprint density at radius 3 is 3.07 bits per heavy atom. The molecule has 1 aromatic carbocycles. The van der Waals surface area contributed by atoms with Crippen molar-refractivity contribution in [2.75, 3.05) is 18.5 Å². The van der Waals surface area contributed by atoms with Crippen LogP contribution in [-0.4, -0.2) is 18.6 Å². The van der Waals surface area contributed by atoms with Gasteiger partial charge in [0.25, 0.3) is 0 Å². The zero-order chi connectivity index (χ0) is 10.3. The van der Waals surface area contributed by atoms with Gasteiger partial charge in [0.2, 0.25) is 0 Å². The van der Waals surface area contributed by atoms with Crippen LogP contribution in [0.1, 0.15) is 12.0 Å². The summed E-state index contributed by atoms with van der Waals surface area (Å²) in [5.41, 5.74) is 2.49. The second-order valence-corrected chi connectivity index (χ2v) is 4.19. The molecule has 2 heterocycles. The molecule has 2 heteroatoms. The van der Waals surface area contributed by atoms with Crippen LogP contribution in [0.3, 0.4) is 0 Å².